The van der Waals surface area contributed by atoms with Gasteiger partial charge in [0.2, 0.25) is 0 Å². The zero-order chi connectivity index (χ0) is 9.84. The van der Waals surface area contributed by atoms with E-state index < -0.39 is 0 Å². The number of aryl methyl sites for hydroxylation is 1. The minimum Gasteiger partial charge on any atom is -0.330 e. The SMILES string of the molecule is CC(C)n1cc(CCCN)c(=O)[nH]1. The summed E-state index contributed by atoms with van der Waals surface area (Å²) in [7, 11) is 0. The van der Waals surface area contributed by atoms with Crippen molar-refractivity contribution in [1.82, 2.24) is 9.78 Å². The molecule has 1 aromatic rings. The highest BCUT2D eigenvalue weighted by atomic mass is 16.1. The van der Waals surface area contributed by atoms with Crippen molar-refractivity contribution in [2.75, 3.05) is 6.54 Å². The van der Waals surface area contributed by atoms with Gasteiger partial charge in [0.05, 0.1) is 0 Å². The number of hydrogen-bond acceptors (Lipinski definition) is 2. The van der Waals surface area contributed by atoms with E-state index in [1.54, 1.807) is 0 Å². The zero-order valence-electron chi connectivity index (χ0n) is 8.21. The van der Waals surface area contributed by atoms with Gasteiger partial charge >= 0.3 is 0 Å². The molecule has 0 aliphatic heterocycles. The van der Waals surface area contributed by atoms with Gasteiger partial charge in [-0.25, -0.2) is 0 Å². The summed E-state index contributed by atoms with van der Waals surface area (Å²) in [6.07, 6.45) is 3.51. The summed E-state index contributed by atoms with van der Waals surface area (Å²) >= 11 is 0. The Morgan fingerprint density at radius 1 is 1.62 bits per heavy atom. The lowest BCUT2D eigenvalue weighted by atomic mass is 10.2. The number of nitrogens with one attached hydrogen (secondary N) is 1. The van der Waals surface area contributed by atoms with E-state index in [-0.39, 0.29) is 5.56 Å². The van der Waals surface area contributed by atoms with Crippen molar-refractivity contribution in [2.45, 2.75) is 32.7 Å². The predicted octanol–water partition coefficient (Wildman–Crippen LogP) is 0.649. The molecule has 1 aromatic heterocycles. The summed E-state index contributed by atoms with van der Waals surface area (Å²) in [5, 5.41) is 2.77. The first-order valence-electron chi connectivity index (χ1n) is 4.65. The van der Waals surface area contributed by atoms with Gasteiger partial charge in [0.1, 0.15) is 0 Å². The normalized spacial score (nSPS) is 11.1. The van der Waals surface area contributed by atoms with E-state index in [4.69, 9.17) is 5.73 Å². The van der Waals surface area contributed by atoms with Gasteiger partial charge in [-0.3, -0.25) is 14.6 Å². The molecule has 0 bridgehead atoms. The van der Waals surface area contributed by atoms with Crippen molar-refractivity contribution in [3.63, 3.8) is 0 Å². The van der Waals surface area contributed by atoms with E-state index in [9.17, 15) is 4.79 Å². The molecule has 1 rings (SSSR count). The highest BCUT2D eigenvalue weighted by Gasteiger charge is 2.04. The highest BCUT2D eigenvalue weighted by molar-refractivity contribution is 5.05. The minimum absolute atomic E-state index is 0.0159. The van der Waals surface area contributed by atoms with Crippen molar-refractivity contribution in [2.24, 2.45) is 5.73 Å². The molecule has 0 saturated heterocycles. The molecule has 4 heteroatoms. The average Bonchev–Trinajstić information content (AvgIpc) is 2.44. The Bertz CT molecular complexity index is 311. The molecule has 74 valence electrons. The van der Waals surface area contributed by atoms with Crippen LogP contribution >= 0.6 is 0 Å². The van der Waals surface area contributed by atoms with Crippen LogP contribution in [0.3, 0.4) is 0 Å². The van der Waals surface area contributed by atoms with Gasteiger partial charge in [0.25, 0.3) is 5.56 Å². The van der Waals surface area contributed by atoms with Crippen molar-refractivity contribution in [3.8, 4) is 0 Å². The second-order valence-electron chi connectivity index (χ2n) is 3.49. The lowest BCUT2D eigenvalue weighted by molar-refractivity contribution is 0.528. The quantitative estimate of drug-likeness (QED) is 0.719. The highest BCUT2D eigenvalue weighted by Crippen LogP contribution is 2.02. The number of nitrogens with zero attached hydrogens (tertiary/aromatic N) is 1. The number of H-pyrrole nitrogens is 1. The predicted molar refractivity (Wildman–Crippen MR) is 52.8 cm³/mol. The number of rotatable bonds is 4. The van der Waals surface area contributed by atoms with Crippen LogP contribution in [0.2, 0.25) is 0 Å². The molecular formula is C9H17N3O. The fourth-order valence-corrected chi connectivity index (χ4v) is 1.20. The molecule has 0 spiro atoms. The van der Waals surface area contributed by atoms with Crippen molar-refractivity contribution in [1.29, 1.82) is 0 Å². The molecule has 0 fully saturated rings. The van der Waals surface area contributed by atoms with Gasteiger partial charge in [0.15, 0.2) is 0 Å². The zero-order valence-corrected chi connectivity index (χ0v) is 8.21. The van der Waals surface area contributed by atoms with Crippen LogP contribution in [0.15, 0.2) is 11.0 Å². The average molecular weight is 183 g/mol. The summed E-state index contributed by atoms with van der Waals surface area (Å²) in [5.41, 5.74) is 6.22. The van der Waals surface area contributed by atoms with Crippen LogP contribution in [-0.4, -0.2) is 16.3 Å². The van der Waals surface area contributed by atoms with Crippen molar-refractivity contribution >= 4 is 0 Å². The molecule has 0 radical (unpaired) electrons. The molecule has 3 N–H and O–H groups in total. The molecule has 0 unspecified atom stereocenters. The Kier molecular flexibility index (Phi) is 3.31. The molecule has 0 aliphatic carbocycles. The smallest absolute Gasteiger partial charge is 0.267 e. The van der Waals surface area contributed by atoms with Crippen LogP contribution in [0.5, 0.6) is 0 Å². The maximum Gasteiger partial charge on any atom is 0.267 e. The fourth-order valence-electron chi connectivity index (χ4n) is 1.20. The molecule has 0 amide bonds. The van der Waals surface area contributed by atoms with Gasteiger partial charge in [-0.1, -0.05) is 0 Å². The third-order valence-electron chi connectivity index (χ3n) is 2.02. The van der Waals surface area contributed by atoms with E-state index in [2.05, 4.69) is 5.10 Å². The number of aromatic amines is 1. The summed E-state index contributed by atoms with van der Waals surface area (Å²) < 4.78 is 1.83. The largest absolute Gasteiger partial charge is 0.330 e. The first kappa shape index (κ1) is 10.1. The topological polar surface area (TPSA) is 63.8 Å². The maximum atomic E-state index is 11.3. The van der Waals surface area contributed by atoms with Gasteiger partial charge in [-0.15, -0.1) is 0 Å². The maximum absolute atomic E-state index is 11.3. The first-order valence-corrected chi connectivity index (χ1v) is 4.65. The molecule has 4 nitrogen and oxygen atoms in total. The third-order valence-corrected chi connectivity index (χ3v) is 2.02. The summed E-state index contributed by atoms with van der Waals surface area (Å²) in [4.78, 5) is 11.3. The molecule has 0 atom stereocenters. The molecular weight excluding hydrogens is 166 g/mol. The lowest BCUT2D eigenvalue weighted by Crippen LogP contribution is -2.10. The second kappa shape index (κ2) is 4.28. The van der Waals surface area contributed by atoms with Crippen molar-refractivity contribution < 1.29 is 0 Å². The van der Waals surface area contributed by atoms with Crippen LogP contribution in [0.25, 0.3) is 0 Å². The molecule has 0 aliphatic rings. The fraction of sp³-hybridized carbons (Fsp3) is 0.667. The van der Waals surface area contributed by atoms with Crippen molar-refractivity contribution in [3.05, 3.63) is 22.1 Å². The molecule has 1 heterocycles. The standard InChI is InChI=1S/C9H17N3O/c1-7(2)12-6-8(4-3-5-10)9(13)11-12/h6-7H,3-5,10H2,1-2H3,(H,11,13). The monoisotopic (exact) mass is 183 g/mol. The summed E-state index contributed by atoms with van der Waals surface area (Å²) in [6.45, 7) is 4.69. The van der Waals surface area contributed by atoms with E-state index >= 15 is 0 Å². The Labute approximate surface area is 77.7 Å². The number of aromatic nitrogens is 2. The first-order chi connectivity index (χ1) is 6.15. The minimum atomic E-state index is 0.0159. The summed E-state index contributed by atoms with van der Waals surface area (Å²) in [5.74, 6) is 0. The van der Waals surface area contributed by atoms with Crippen LogP contribution in [-0.2, 0) is 6.42 Å². The van der Waals surface area contributed by atoms with E-state index in [1.165, 1.54) is 0 Å². The molecule has 13 heavy (non-hydrogen) atoms. The van der Waals surface area contributed by atoms with Gasteiger partial charge < -0.3 is 5.73 Å². The van der Waals surface area contributed by atoms with Gasteiger partial charge in [-0.05, 0) is 33.2 Å². The van der Waals surface area contributed by atoms with Crippen LogP contribution in [0.1, 0.15) is 31.9 Å². The number of hydrogen-bond donors (Lipinski definition) is 2. The summed E-state index contributed by atoms with van der Waals surface area (Å²) in [6, 6.07) is 0.305. The second-order valence-corrected chi connectivity index (χ2v) is 3.49. The van der Waals surface area contributed by atoms with Crippen LogP contribution < -0.4 is 11.3 Å². The van der Waals surface area contributed by atoms with Gasteiger partial charge in [-0.2, -0.15) is 0 Å². The van der Waals surface area contributed by atoms with Crippen LogP contribution in [0, 0.1) is 0 Å². The van der Waals surface area contributed by atoms with E-state index in [1.807, 2.05) is 24.7 Å². The Balaban J connectivity index is 2.78. The Morgan fingerprint density at radius 3 is 2.77 bits per heavy atom. The van der Waals surface area contributed by atoms with Crippen LogP contribution in [0.4, 0.5) is 0 Å². The molecule has 0 aromatic carbocycles. The van der Waals surface area contributed by atoms with E-state index in [0.717, 1.165) is 18.4 Å². The Hall–Kier alpha value is -1.03. The molecule has 0 saturated carbocycles. The Morgan fingerprint density at radius 2 is 2.31 bits per heavy atom. The number of nitrogens with two attached hydrogens (primary N) is 1. The third kappa shape index (κ3) is 2.45. The van der Waals surface area contributed by atoms with Gasteiger partial charge in [0, 0.05) is 17.8 Å². The van der Waals surface area contributed by atoms with E-state index in [0.29, 0.717) is 12.6 Å². The lowest BCUT2D eigenvalue weighted by Gasteiger charge is -2.04.